The van der Waals surface area contributed by atoms with Crippen LogP contribution in [0.1, 0.15) is 17.3 Å². The van der Waals surface area contributed by atoms with Crippen molar-refractivity contribution in [2.45, 2.75) is 26.9 Å². The molecule has 0 spiro atoms. The zero-order valence-electron chi connectivity index (χ0n) is 11.0. The summed E-state index contributed by atoms with van der Waals surface area (Å²) in [5.74, 6) is 1.12. The highest BCUT2D eigenvalue weighted by molar-refractivity contribution is 7.07. The van der Waals surface area contributed by atoms with Gasteiger partial charge in [0.25, 0.3) is 0 Å². The van der Waals surface area contributed by atoms with Gasteiger partial charge in [0.15, 0.2) is 5.82 Å². The second-order valence-corrected chi connectivity index (χ2v) is 5.14. The maximum atomic E-state index is 12.0. The molecule has 0 radical (unpaired) electrons. The fraction of sp³-hybridized carbons (Fsp3) is 0.455. The molecule has 2 aromatic heterocycles. The van der Waals surface area contributed by atoms with E-state index in [0.29, 0.717) is 18.2 Å². The summed E-state index contributed by atoms with van der Waals surface area (Å²) < 4.78 is 1.47. The molecule has 2 rings (SSSR count). The third-order valence-corrected chi connectivity index (χ3v) is 3.60. The van der Waals surface area contributed by atoms with Gasteiger partial charge in [0.05, 0.1) is 6.54 Å². The molecular weight excluding hydrogens is 266 g/mol. The highest BCUT2D eigenvalue weighted by Crippen LogP contribution is 2.02. The first-order chi connectivity index (χ1) is 8.97. The molecule has 8 heteroatoms. The molecule has 0 unspecified atom stereocenters. The Morgan fingerprint density at radius 3 is 2.79 bits per heavy atom. The van der Waals surface area contributed by atoms with Gasteiger partial charge in [-0.25, -0.2) is 4.98 Å². The minimum atomic E-state index is -0.147. The maximum Gasteiger partial charge on any atom is 0.307 e. The third-order valence-electron chi connectivity index (χ3n) is 2.72. The highest BCUT2D eigenvalue weighted by Gasteiger charge is 2.14. The lowest BCUT2D eigenvalue weighted by molar-refractivity contribution is -0.131. The molecule has 0 bridgehead atoms. The Kier molecular flexibility index (Phi) is 3.79. The number of nitrogens with zero attached hydrogens (tertiary/aromatic N) is 4. The number of aryl methyl sites for hydroxylation is 2. The summed E-state index contributed by atoms with van der Waals surface area (Å²) >= 11 is 1.10. The van der Waals surface area contributed by atoms with Gasteiger partial charge in [-0.15, -0.1) is 0 Å². The predicted octanol–water partition coefficient (Wildman–Crippen LogP) is 0.303. The summed E-state index contributed by atoms with van der Waals surface area (Å²) in [7, 11) is 1.67. The van der Waals surface area contributed by atoms with Crippen LogP contribution in [0.4, 0.5) is 0 Å². The van der Waals surface area contributed by atoms with Crippen molar-refractivity contribution < 1.29 is 4.79 Å². The van der Waals surface area contributed by atoms with E-state index < -0.39 is 0 Å². The number of rotatable bonds is 4. The van der Waals surface area contributed by atoms with Crippen molar-refractivity contribution in [1.82, 2.24) is 24.6 Å². The zero-order valence-corrected chi connectivity index (χ0v) is 11.8. The van der Waals surface area contributed by atoms with E-state index in [0.717, 1.165) is 17.0 Å². The molecule has 7 nitrogen and oxygen atoms in total. The summed E-state index contributed by atoms with van der Waals surface area (Å²) in [6, 6.07) is 0. The van der Waals surface area contributed by atoms with Crippen molar-refractivity contribution in [3.8, 4) is 0 Å². The molecule has 0 saturated heterocycles. The van der Waals surface area contributed by atoms with E-state index >= 15 is 0 Å². The van der Waals surface area contributed by atoms with Crippen LogP contribution in [0.5, 0.6) is 0 Å². The molecule has 1 N–H and O–H groups in total. The fourth-order valence-electron chi connectivity index (χ4n) is 1.61. The zero-order chi connectivity index (χ0) is 14.0. The van der Waals surface area contributed by atoms with Crippen LogP contribution in [-0.2, 0) is 17.9 Å². The first-order valence-electron chi connectivity index (χ1n) is 5.74. The molecule has 2 aromatic rings. The fourth-order valence-corrected chi connectivity index (χ4v) is 2.35. The van der Waals surface area contributed by atoms with Gasteiger partial charge >= 0.3 is 4.87 Å². The first-order valence-corrected chi connectivity index (χ1v) is 6.62. The van der Waals surface area contributed by atoms with Crippen molar-refractivity contribution in [2.75, 3.05) is 7.05 Å². The molecule has 0 atom stereocenters. The maximum absolute atomic E-state index is 12.0. The lowest BCUT2D eigenvalue weighted by Gasteiger charge is -2.15. The summed E-state index contributed by atoms with van der Waals surface area (Å²) in [6.45, 7) is 3.98. The first kappa shape index (κ1) is 13.5. The van der Waals surface area contributed by atoms with Crippen LogP contribution in [0, 0.1) is 13.8 Å². The quantitative estimate of drug-likeness (QED) is 0.874. The predicted molar refractivity (Wildman–Crippen MR) is 70.9 cm³/mol. The summed E-state index contributed by atoms with van der Waals surface area (Å²) in [5, 5.41) is 8.44. The molecule has 0 aliphatic heterocycles. The van der Waals surface area contributed by atoms with Crippen molar-refractivity contribution in [3.63, 3.8) is 0 Å². The number of carbonyl (C=O) groups excluding carboxylic acids is 1. The summed E-state index contributed by atoms with van der Waals surface area (Å²) in [6.07, 6.45) is 0. The van der Waals surface area contributed by atoms with Crippen LogP contribution in [0.3, 0.4) is 0 Å². The Morgan fingerprint density at radius 1 is 1.53 bits per heavy atom. The summed E-state index contributed by atoms with van der Waals surface area (Å²) in [4.78, 5) is 29.1. The van der Waals surface area contributed by atoms with Crippen molar-refractivity contribution in [1.29, 1.82) is 0 Å². The van der Waals surface area contributed by atoms with E-state index in [1.807, 2.05) is 6.92 Å². The van der Waals surface area contributed by atoms with Crippen LogP contribution >= 0.6 is 11.3 Å². The smallest absolute Gasteiger partial charge is 0.307 e. The lowest BCUT2D eigenvalue weighted by Crippen LogP contribution is -2.32. The molecule has 0 fully saturated rings. The van der Waals surface area contributed by atoms with Crippen molar-refractivity contribution in [3.05, 3.63) is 32.4 Å². The third kappa shape index (κ3) is 3.08. The normalized spacial score (nSPS) is 10.7. The van der Waals surface area contributed by atoms with Gasteiger partial charge in [0.2, 0.25) is 5.91 Å². The molecule has 102 valence electrons. The second-order valence-electron chi connectivity index (χ2n) is 4.32. The number of carbonyl (C=O) groups is 1. The van der Waals surface area contributed by atoms with E-state index in [2.05, 4.69) is 15.2 Å². The van der Waals surface area contributed by atoms with Crippen LogP contribution < -0.4 is 4.87 Å². The SMILES string of the molecule is Cc1nc(CN(C)C(=O)Cn2c(C)csc2=O)n[nH]1. The average molecular weight is 281 g/mol. The van der Waals surface area contributed by atoms with E-state index in [1.165, 1.54) is 9.47 Å². The number of nitrogens with one attached hydrogen (secondary N) is 1. The monoisotopic (exact) mass is 281 g/mol. The van der Waals surface area contributed by atoms with Crippen LogP contribution in [0.2, 0.25) is 0 Å². The summed E-state index contributed by atoms with van der Waals surface area (Å²) in [5.41, 5.74) is 0.797. The number of amides is 1. The largest absolute Gasteiger partial charge is 0.337 e. The van der Waals surface area contributed by atoms with Crippen LogP contribution in [0.15, 0.2) is 10.2 Å². The van der Waals surface area contributed by atoms with Crippen LogP contribution in [-0.4, -0.2) is 37.6 Å². The second kappa shape index (κ2) is 5.35. The topological polar surface area (TPSA) is 83.9 Å². The van der Waals surface area contributed by atoms with Gasteiger partial charge in [-0.2, -0.15) is 5.10 Å². The number of hydrogen-bond acceptors (Lipinski definition) is 5. The number of hydrogen-bond donors (Lipinski definition) is 1. The molecular formula is C11H15N5O2S. The van der Waals surface area contributed by atoms with Gasteiger partial charge in [-0.1, -0.05) is 11.3 Å². The van der Waals surface area contributed by atoms with E-state index in [1.54, 1.807) is 19.4 Å². The number of thiazole rings is 1. The van der Waals surface area contributed by atoms with E-state index in [9.17, 15) is 9.59 Å². The Morgan fingerprint density at radius 2 is 2.26 bits per heavy atom. The molecule has 19 heavy (non-hydrogen) atoms. The van der Waals surface area contributed by atoms with Crippen LogP contribution in [0.25, 0.3) is 0 Å². The Labute approximate surface area is 113 Å². The number of aromatic nitrogens is 4. The Bertz CT molecular complexity index is 642. The van der Waals surface area contributed by atoms with E-state index in [-0.39, 0.29) is 17.3 Å². The minimum Gasteiger partial charge on any atom is -0.337 e. The molecule has 0 aromatic carbocycles. The number of H-pyrrole nitrogens is 1. The van der Waals surface area contributed by atoms with Crippen molar-refractivity contribution >= 4 is 17.2 Å². The molecule has 0 aliphatic rings. The molecule has 0 aliphatic carbocycles. The van der Waals surface area contributed by atoms with Gasteiger partial charge in [-0.3, -0.25) is 19.3 Å². The molecule has 2 heterocycles. The van der Waals surface area contributed by atoms with Gasteiger partial charge in [-0.05, 0) is 13.8 Å². The molecule has 1 amide bonds. The lowest BCUT2D eigenvalue weighted by atomic mass is 10.4. The van der Waals surface area contributed by atoms with E-state index in [4.69, 9.17) is 0 Å². The standard InChI is InChI=1S/C11H15N5O2S/c1-7-6-19-11(18)16(7)5-10(17)15(3)4-9-12-8(2)13-14-9/h6H,4-5H2,1-3H3,(H,12,13,14). The Balaban J connectivity index is 2.02. The van der Waals surface area contributed by atoms with Crippen molar-refractivity contribution in [2.24, 2.45) is 0 Å². The minimum absolute atomic E-state index is 0.0497. The number of aromatic amines is 1. The molecule has 0 saturated carbocycles. The number of likely N-dealkylation sites (N-methyl/N-ethyl adjacent to an activating group) is 1. The Hall–Kier alpha value is -1.96. The van der Waals surface area contributed by atoms with Gasteiger partial charge < -0.3 is 4.90 Å². The van der Waals surface area contributed by atoms with Gasteiger partial charge in [0, 0.05) is 18.1 Å². The average Bonchev–Trinajstić information content (AvgIpc) is 2.89. The highest BCUT2D eigenvalue weighted by atomic mass is 32.1. The van der Waals surface area contributed by atoms with Gasteiger partial charge in [0.1, 0.15) is 12.4 Å².